The van der Waals surface area contributed by atoms with Crippen LogP contribution in [0.5, 0.6) is 5.75 Å². The molecule has 8 nitrogen and oxygen atoms in total. The molecule has 0 fully saturated rings. The van der Waals surface area contributed by atoms with Gasteiger partial charge in [-0.3, -0.25) is 9.20 Å². The van der Waals surface area contributed by atoms with Crippen LogP contribution in [-0.2, 0) is 17.8 Å². The second-order valence-electron chi connectivity index (χ2n) is 7.38. The van der Waals surface area contributed by atoms with Gasteiger partial charge in [-0.1, -0.05) is 6.08 Å². The molecule has 9 heteroatoms. The van der Waals surface area contributed by atoms with E-state index in [9.17, 15) is 9.18 Å². The van der Waals surface area contributed by atoms with E-state index in [1.54, 1.807) is 27.9 Å². The van der Waals surface area contributed by atoms with Crippen molar-refractivity contribution in [2.45, 2.75) is 25.8 Å². The lowest BCUT2D eigenvalue weighted by Gasteiger charge is -2.14. The zero-order chi connectivity index (χ0) is 20.5. The van der Waals surface area contributed by atoms with Gasteiger partial charge in [0.25, 0.3) is 0 Å². The summed E-state index contributed by atoms with van der Waals surface area (Å²) >= 11 is 0. The van der Waals surface area contributed by atoms with Crippen LogP contribution >= 0.6 is 0 Å². The molecule has 4 heterocycles. The van der Waals surface area contributed by atoms with Gasteiger partial charge in [0.2, 0.25) is 12.4 Å². The molecule has 2 aliphatic heterocycles. The van der Waals surface area contributed by atoms with E-state index < -0.39 is 0 Å². The Morgan fingerprint density at radius 1 is 1.27 bits per heavy atom. The molecule has 1 N–H and O–H groups in total. The highest BCUT2D eigenvalue weighted by atomic mass is 19.1. The minimum absolute atomic E-state index is 0.258. The highest BCUT2D eigenvalue weighted by molar-refractivity contribution is 5.76. The fourth-order valence-electron chi connectivity index (χ4n) is 4.08. The molecule has 0 atom stereocenters. The summed E-state index contributed by atoms with van der Waals surface area (Å²) in [7, 11) is 0. The van der Waals surface area contributed by atoms with Gasteiger partial charge in [0.15, 0.2) is 5.65 Å². The summed E-state index contributed by atoms with van der Waals surface area (Å²) in [6.07, 6.45) is 8.60. The van der Waals surface area contributed by atoms with Crippen LogP contribution in [0.4, 0.5) is 10.3 Å². The molecule has 0 saturated heterocycles. The Hall–Kier alpha value is -3.49. The second kappa shape index (κ2) is 7.74. The van der Waals surface area contributed by atoms with E-state index in [0.717, 1.165) is 41.7 Å². The van der Waals surface area contributed by atoms with Crippen LogP contribution in [0.3, 0.4) is 0 Å². The summed E-state index contributed by atoms with van der Waals surface area (Å²) < 4.78 is 21.7. The first-order valence-corrected chi connectivity index (χ1v) is 9.99. The average Bonchev–Trinajstić information content (AvgIpc) is 3.38. The first-order valence-electron chi connectivity index (χ1n) is 9.99. The summed E-state index contributed by atoms with van der Waals surface area (Å²) in [6.45, 7) is 2.23. The van der Waals surface area contributed by atoms with Crippen molar-refractivity contribution in [2.75, 3.05) is 25.0 Å². The predicted octanol–water partition coefficient (Wildman–Crippen LogP) is 2.45. The third kappa shape index (κ3) is 3.26. The van der Waals surface area contributed by atoms with Crippen LogP contribution in [0.25, 0.3) is 11.2 Å². The van der Waals surface area contributed by atoms with Crippen molar-refractivity contribution in [2.24, 2.45) is 0 Å². The molecular weight excluding hydrogens is 387 g/mol. The number of hydrogen-bond acceptors (Lipinski definition) is 6. The molecule has 0 aliphatic carbocycles. The van der Waals surface area contributed by atoms with E-state index in [1.165, 1.54) is 6.07 Å². The Bertz CT molecular complexity index is 1140. The zero-order valence-electron chi connectivity index (χ0n) is 16.3. The number of hydrogen-bond donors (Lipinski definition) is 1. The summed E-state index contributed by atoms with van der Waals surface area (Å²) in [4.78, 5) is 17.4. The maximum Gasteiger partial charge on any atom is 0.210 e. The monoisotopic (exact) mass is 408 g/mol. The van der Waals surface area contributed by atoms with Gasteiger partial charge >= 0.3 is 0 Å². The van der Waals surface area contributed by atoms with Crippen molar-refractivity contribution in [3.05, 3.63) is 53.2 Å². The molecule has 0 spiro atoms. The molecule has 30 heavy (non-hydrogen) atoms. The Balaban J connectivity index is 1.42. The predicted molar refractivity (Wildman–Crippen MR) is 109 cm³/mol. The lowest BCUT2D eigenvalue weighted by Crippen LogP contribution is -2.22. The minimum Gasteiger partial charge on any atom is -0.493 e. The minimum atomic E-state index is -0.258. The smallest absolute Gasteiger partial charge is 0.210 e. The van der Waals surface area contributed by atoms with Gasteiger partial charge in [-0.25, -0.2) is 9.37 Å². The lowest BCUT2D eigenvalue weighted by molar-refractivity contribution is -0.118. The van der Waals surface area contributed by atoms with Crippen LogP contribution in [-0.4, -0.2) is 50.6 Å². The first-order chi connectivity index (χ1) is 14.7. The van der Waals surface area contributed by atoms with E-state index in [2.05, 4.69) is 26.6 Å². The van der Waals surface area contributed by atoms with Crippen molar-refractivity contribution in [3.63, 3.8) is 0 Å². The van der Waals surface area contributed by atoms with Gasteiger partial charge < -0.3 is 15.0 Å². The van der Waals surface area contributed by atoms with Crippen LogP contribution < -0.4 is 10.1 Å². The van der Waals surface area contributed by atoms with Gasteiger partial charge in [0, 0.05) is 48.9 Å². The van der Waals surface area contributed by atoms with Gasteiger partial charge in [-0.05, 0) is 30.5 Å². The fourth-order valence-corrected chi connectivity index (χ4v) is 4.08. The Morgan fingerprint density at radius 2 is 2.20 bits per heavy atom. The van der Waals surface area contributed by atoms with E-state index in [-0.39, 0.29) is 12.4 Å². The number of anilines is 1. The molecule has 0 bridgehead atoms. The standard InChI is InChI=1S/C21H21FN6O2/c22-18-3-4-19-15(6-9-30-19)17(18)11-24-21-23-10-16(20-26-25-12-28(20)21)14-2-1-7-27(13-29)8-5-14/h2-4,10,12-13H,1,5-9,11H2,(H,23,24). The SMILES string of the molecule is O=CN1CCC=C(c2cnc(NCc3c(F)ccc4c3CCO4)n3cnnc23)CC1. The van der Waals surface area contributed by atoms with Gasteiger partial charge in [0.1, 0.15) is 17.9 Å². The molecule has 0 radical (unpaired) electrons. The summed E-state index contributed by atoms with van der Waals surface area (Å²) in [5.74, 6) is 1.03. The Labute approximate surface area is 172 Å². The van der Waals surface area contributed by atoms with Crippen molar-refractivity contribution in [1.82, 2.24) is 24.5 Å². The van der Waals surface area contributed by atoms with Crippen molar-refractivity contribution >= 4 is 23.6 Å². The molecule has 154 valence electrons. The Kier molecular flexibility index (Phi) is 4.78. The summed E-state index contributed by atoms with van der Waals surface area (Å²) in [5, 5.41) is 11.5. The van der Waals surface area contributed by atoms with Crippen LogP contribution in [0.1, 0.15) is 29.5 Å². The molecule has 3 aromatic rings. The number of nitrogens with zero attached hydrogens (tertiary/aromatic N) is 5. The molecule has 2 aromatic heterocycles. The molecule has 1 amide bonds. The molecule has 0 saturated carbocycles. The summed E-state index contributed by atoms with van der Waals surface area (Å²) in [6, 6.07) is 3.12. The van der Waals surface area contributed by atoms with Gasteiger partial charge in [-0.2, -0.15) is 0 Å². The number of fused-ring (bicyclic) bond motifs is 2. The summed E-state index contributed by atoms with van der Waals surface area (Å²) in [5.41, 5.74) is 4.17. The number of benzene rings is 1. The third-order valence-electron chi connectivity index (χ3n) is 5.67. The van der Waals surface area contributed by atoms with E-state index in [4.69, 9.17) is 4.74 Å². The number of aromatic nitrogens is 4. The van der Waals surface area contributed by atoms with Crippen LogP contribution in [0, 0.1) is 5.82 Å². The number of nitrogens with one attached hydrogen (secondary N) is 1. The Morgan fingerprint density at radius 3 is 3.10 bits per heavy atom. The number of carbonyl (C=O) groups is 1. The molecular formula is C21H21FN6O2. The molecule has 1 aromatic carbocycles. The number of halogens is 1. The maximum atomic E-state index is 14.4. The fraction of sp³-hybridized carbons (Fsp3) is 0.333. The third-order valence-corrected chi connectivity index (χ3v) is 5.67. The number of carbonyl (C=O) groups excluding carboxylic acids is 1. The molecule has 2 aliphatic rings. The highest BCUT2D eigenvalue weighted by Gasteiger charge is 2.20. The van der Waals surface area contributed by atoms with Gasteiger partial charge in [0.05, 0.1) is 6.61 Å². The van der Waals surface area contributed by atoms with E-state index >= 15 is 0 Å². The zero-order valence-corrected chi connectivity index (χ0v) is 16.3. The van der Waals surface area contributed by atoms with Crippen molar-refractivity contribution in [3.8, 4) is 5.75 Å². The average molecular weight is 408 g/mol. The normalized spacial score (nSPS) is 16.0. The second-order valence-corrected chi connectivity index (χ2v) is 7.38. The topological polar surface area (TPSA) is 84.7 Å². The maximum absolute atomic E-state index is 14.4. The largest absolute Gasteiger partial charge is 0.493 e. The van der Waals surface area contributed by atoms with Crippen LogP contribution in [0.2, 0.25) is 0 Å². The highest BCUT2D eigenvalue weighted by Crippen LogP contribution is 2.31. The first kappa shape index (κ1) is 18.5. The molecule has 0 unspecified atom stereocenters. The van der Waals surface area contributed by atoms with Gasteiger partial charge in [-0.15, -0.1) is 10.2 Å². The quantitative estimate of drug-likeness (QED) is 0.653. The number of ether oxygens (including phenoxy) is 1. The molecule has 5 rings (SSSR count). The number of amides is 1. The van der Waals surface area contributed by atoms with Crippen LogP contribution in [0.15, 0.2) is 30.7 Å². The lowest BCUT2D eigenvalue weighted by atomic mass is 10.0. The van der Waals surface area contributed by atoms with Crippen molar-refractivity contribution < 1.29 is 13.9 Å². The van der Waals surface area contributed by atoms with E-state index in [1.807, 2.05) is 0 Å². The van der Waals surface area contributed by atoms with Crippen molar-refractivity contribution in [1.29, 1.82) is 0 Å². The number of rotatable bonds is 5. The van der Waals surface area contributed by atoms with E-state index in [0.29, 0.717) is 43.3 Å².